The van der Waals surface area contributed by atoms with Crippen LogP contribution in [0.1, 0.15) is 6.42 Å². The molecule has 1 saturated heterocycles. The summed E-state index contributed by atoms with van der Waals surface area (Å²) < 4.78 is 53.1. The molecule has 0 atom stereocenters. The number of piperazine rings is 1. The summed E-state index contributed by atoms with van der Waals surface area (Å²) in [5, 5.41) is 4.98. The van der Waals surface area contributed by atoms with E-state index in [-0.39, 0.29) is 31.9 Å². The van der Waals surface area contributed by atoms with Crippen LogP contribution in [0, 0.1) is 0 Å². The van der Waals surface area contributed by atoms with E-state index in [2.05, 4.69) is 0 Å². The number of hydrogen-bond donors (Lipinski definition) is 1. The average molecular weight is 301 g/mol. The summed E-state index contributed by atoms with van der Waals surface area (Å²) in [7, 11) is -5.55. The van der Waals surface area contributed by atoms with Gasteiger partial charge in [0.15, 0.2) is 0 Å². The van der Waals surface area contributed by atoms with Gasteiger partial charge < -0.3 is 4.74 Å². The van der Waals surface area contributed by atoms with Gasteiger partial charge in [0.2, 0.25) is 10.0 Å². The zero-order valence-corrected chi connectivity index (χ0v) is 11.9. The zero-order chi connectivity index (χ0) is 13.8. The van der Waals surface area contributed by atoms with Crippen molar-refractivity contribution in [3.05, 3.63) is 0 Å². The quantitative estimate of drug-likeness (QED) is 0.580. The van der Waals surface area contributed by atoms with Gasteiger partial charge >= 0.3 is 0 Å². The smallest absolute Gasteiger partial charge is 0.276 e. The molecule has 1 rings (SSSR count). The highest BCUT2D eigenvalue weighted by atomic mass is 32.2. The largest absolute Gasteiger partial charge is 0.385 e. The summed E-state index contributed by atoms with van der Waals surface area (Å²) in [4.78, 5) is 0. The van der Waals surface area contributed by atoms with Gasteiger partial charge in [-0.1, -0.05) is 0 Å². The second kappa shape index (κ2) is 6.26. The Bertz CT molecular complexity index is 453. The van der Waals surface area contributed by atoms with Crippen LogP contribution < -0.4 is 5.14 Å². The van der Waals surface area contributed by atoms with Gasteiger partial charge in [-0.15, -0.1) is 0 Å². The first kappa shape index (κ1) is 15.8. The van der Waals surface area contributed by atoms with E-state index in [4.69, 9.17) is 9.88 Å². The fourth-order valence-electron chi connectivity index (χ4n) is 1.72. The van der Waals surface area contributed by atoms with E-state index in [0.717, 1.165) is 4.31 Å². The number of ether oxygens (including phenoxy) is 1. The van der Waals surface area contributed by atoms with Crippen molar-refractivity contribution in [3.63, 3.8) is 0 Å². The van der Waals surface area contributed by atoms with Crippen LogP contribution in [0.5, 0.6) is 0 Å². The van der Waals surface area contributed by atoms with Gasteiger partial charge in [-0.05, 0) is 6.42 Å². The standard InChI is InChI=1S/C8H19N3O5S2/c1-16-7-2-8-17(12,13)10-3-5-11(6-4-10)18(9,14)15/h2-8H2,1H3,(H2,9,14,15). The van der Waals surface area contributed by atoms with E-state index in [1.807, 2.05) is 0 Å². The minimum absolute atomic E-state index is 0.0101. The molecule has 0 bridgehead atoms. The molecule has 1 aliphatic rings. The molecule has 10 heteroatoms. The third-order valence-corrected chi connectivity index (χ3v) is 5.74. The van der Waals surface area contributed by atoms with Crippen LogP contribution in [0.15, 0.2) is 0 Å². The van der Waals surface area contributed by atoms with E-state index in [1.54, 1.807) is 0 Å². The number of nitrogens with zero attached hydrogens (tertiary/aromatic N) is 2. The first-order valence-electron chi connectivity index (χ1n) is 5.52. The Morgan fingerprint density at radius 1 is 1.06 bits per heavy atom. The molecule has 108 valence electrons. The summed E-state index contributed by atoms with van der Waals surface area (Å²) in [6.07, 6.45) is 0.425. The zero-order valence-electron chi connectivity index (χ0n) is 10.3. The Hall–Kier alpha value is -0.260. The normalized spacial score (nSPS) is 20.1. The van der Waals surface area contributed by atoms with Gasteiger partial charge in [-0.25, -0.2) is 13.6 Å². The van der Waals surface area contributed by atoms with E-state index in [9.17, 15) is 16.8 Å². The van der Waals surface area contributed by atoms with Gasteiger partial charge in [0.25, 0.3) is 10.2 Å². The molecular weight excluding hydrogens is 282 g/mol. The number of nitrogens with two attached hydrogens (primary N) is 1. The van der Waals surface area contributed by atoms with Crippen LogP contribution in [-0.4, -0.2) is 71.1 Å². The fraction of sp³-hybridized carbons (Fsp3) is 1.00. The minimum atomic E-state index is -3.72. The Labute approximate surface area is 108 Å². The molecule has 0 aliphatic carbocycles. The number of rotatable bonds is 6. The van der Waals surface area contributed by atoms with Crippen LogP contribution in [0.3, 0.4) is 0 Å². The van der Waals surface area contributed by atoms with Crippen molar-refractivity contribution < 1.29 is 21.6 Å². The molecule has 1 heterocycles. The van der Waals surface area contributed by atoms with Crippen LogP contribution in [0.4, 0.5) is 0 Å². The third kappa shape index (κ3) is 4.44. The number of hydrogen-bond acceptors (Lipinski definition) is 5. The van der Waals surface area contributed by atoms with Crippen molar-refractivity contribution in [1.82, 2.24) is 8.61 Å². The lowest BCUT2D eigenvalue weighted by atomic mass is 10.4. The highest BCUT2D eigenvalue weighted by molar-refractivity contribution is 7.89. The third-order valence-electron chi connectivity index (χ3n) is 2.70. The molecule has 0 unspecified atom stereocenters. The van der Waals surface area contributed by atoms with Crippen molar-refractivity contribution in [2.24, 2.45) is 5.14 Å². The second-order valence-electron chi connectivity index (χ2n) is 4.01. The van der Waals surface area contributed by atoms with E-state index in [0.29, 0.717) is 13.0 Å². The first-order chi connectivity index (χ1) is 8.27. The first-order valence-corrected chi connectivity index (χ1v) is 8.63. The lowest BCUT2D eigenvalue weighted by molar-refractivity contribution is 0.198. The fourth-order valence-corrected chi connectivity index (χ4v) is 3.85. The summed E-state index contributed by atoms with van der Waals surface area (Å²) in [5.41, 5.74) is 0. The van der Waals surface area contributed by atoms with Gasteiger partial charge in [-0.3, -0.25) is 0 Å². The Kier molecular flexibility index (Phi) is 5.49. The van der Waals surface area contributed by atoms with Gasteiger partial charge in [-0.2, -0.15) is 17.0 Å². The van der Waals surface area contributed by atoms with E-state index >= 15 is 0 Å². The van der Waals surface area contributed by atoms with Crippen LogP contribution in [-0.2, 0) is 25.0 Å². The van der Waals surface area contributed by atoms with Crippen molar-refractivity contribution in [2.75, 3.05) is 45.6 Å². The molecule has 0 radical (unpaired) electrons. The Balaban J connectivity index is 2.52. The van der Waals surface area contributed by atoms with Crippen molar-refractivity contribution >= 4 is 20.2 Å². The number of methoxy groups -OCH3 is 1. The topological polar surface area (TPSA) is 110 Å². The lowest BCUT2D eigenvalue weighted by Crippen LogP contribution is -2.52. The molecule has 0 amide bonds. The summed E-state index contributed by atoms with van der Waals surface area (Å²) in [6.45, 7) is 0.874. The predicted octanol–water partition coefficient (Wildman–Crippen LogP) is -1.83. The maximum Gasteiger partial charge on any atom is 0.276 e. The van der Waals surface area contributed by atoms with Crippen molar-refractivity contribution in [3.8, 4) is 0 Å². The lowest BCUT2D eigenvalue weighted by Gasteiger charge is -2.32. The Morgan fingerprint density at radius 3 is 2.00 bits per heavy atom. The van der Waals surface area contributed by atoms with Crippen molar-refractivity contribution in [2.45, 2.75) is 6.42 Å². The maximum atomic E-state index is 11.9. The molecule has 1 fully saturated rings. The van der Waals surface area contributed by atoms with Gasteiger partial charge in [0, 0.05) is 39.9 Å². The molecular formula is C8H19N3O5S2. The van der Waals surface area contributed by atoms with Crippen LogP contribution in [0.2, 0.25) is 0 Å². The van der Waals surface area contributed by atoms with Gasteiger partial charge in [0.05, 0.1) is 5.75 Å². The maximum absolute atomic E-state index is 11.9. The molecule has 8 nitrogen and oxygen atoms in total. The molecule has 0 aromatic rings. The molecule has 0 aromatic heterocycles. The van der Waals surface area contributed by atoms with Crippen LogP contribution in [0.25, 0.3) is 0 Å². The SMILES string of the molecule is COCCCS(=O)(=O)N1CCN(S(N)(=O)=O)CC1. The second-order valence-corrected chi connectivity index (χ2v) is 7.64. The molecule has 1 aliphatic heterocycles. The Morgan fingerprint density at radius 2 is 1.56 bits per heavy atom. The molecule has 0 aromatic carbocycles. The molecule has 0 spiro atoms. The summed E-state index contributed by atoms with van der Waals surface area (Å²) in [5.74, 6) is 0.0101. The summed E-state index contributed by atoms with van der Waals surface area (Å²) in [6, 6.07) is 0. The van der Waals surface area contributed by atoms with E-state index in [1.165, 1.54) is 11.4 Å². The number of sulfonamides is 1. The van der Waals surface area contributed by atoms with Crippen LogP contribution >= 0.6 is 0 Å². The highest BCUT2D eigenvalue weighted by Gasteiger charge is 2.30. The predicted molar refractivity (Wildman–Crippen MR) is 66.5 cm³/mol. The summed E-state index contributed by atoms with van der Waals surface area (Å²) >= 11 is 0. The van der Waals surface area contributed by atoms with Crippen molar-refractivity contribution in [1.29, 1.82) is 0 Å². The molecule has 2 N–H and O–H groups in total. The van der Waals surface area contributed by atoms with E-state index < -0.39 is 20.2 Å². The van der Waals surface area contributed by atoms with Gasteiger partial charge in [0.1, 0.15) is 0 Å². The minimum Gasteiger partial charge on any atom is -0.385 e. The highest BCUT2D eigenvalue weighted by Crippen LogP contribution is 2.10. The molecule has 0 saturated carbocycles. The average Bonchev–Trinajstić information content (AvgIpc) is 2.28. The monoisotopic (exact) mass is 301 g/mol. The molecule has 18 heavy (non-hydrogen) atoms.